The van der Waals surface area contributed by atoms with Crippen molar-refractivity contribution in [2.45, 2.75) is 40.2 Å². The molecule has 1 aromatic rings. The molecule has 0 bridgehead atoms. The average Bonchev–Trinajstić information content (AvgIpc) is 2.60. The van der Waals surface area contributed by atoms with Crippen LogP contribution < -0.4 is 5.32 Å². The van der Waals surface area contributed by atoms with Crippen molar-refractivity contribution in [3.8, 4) is 0 Å². The molecular weight excluding hydrogens is 186 g/mol. The molecule has 1 fully saturated rings. The predicted molar refractivity (Wildman–Crippen MR) is 61.9 cm³/mol. The molecule has 1 aliphatic carbocycles. The lowest BCUT2D eigenvalue weighted by molar-refractivity contribution is 0.429. The van der Waals surface area contributed by atoms with Crippen molar-refractivity contribution in [3.05, 3.63) is 23.2 Å². The van der Waals surface area contributed by atoms with Crippen molar-refractivity contribution in [3.63, 3.8) is 0 Å². The predicted octanol–water partition coefficient (Wildman–Crippen LogP) is 3.20. The summed E-state index contributed by atoms with van der Waals surface area (Å²) in [5.74, 6) is 2.83. The molecule has 0 radical (unpaired) electrons. The summed E-state index contributed by atoms with van der Waals surface area (Å²) >= 11 is 0. The summed E-state index contributed by atoms with van der Waals surface area (Å²) in [5, 5.41) is 3.43. The van der Waals surface area contributed by atoms with Gasteiger partial charge in [0.15, 0.2) is 0 Å². The van der Waals surface area contributed by atoms with Gasteiger partial charge in [0.25, 0.3) is 0 Å². The van der Waals surface area contributed by atoms with E-state index in [1.165, 1.54) is 12.0 Å². The third-order valence-electron chi connectivity index (χ3n) is 3.72. The van der Waals surface area contributed by atoms with Gasteiger partial charge in [-0.15, -0.1) is 0 Å². The molecule has 1 aliphatic rings. The lowest BCUT2D eigenvalue weighted by atomic mass is 9.97. The van der Waals surface area contributed by atoms with Crippen LogP contribution >= 0.6 is 0 Å². The zero-order valence-corrected chi connectivity index (χ0v) is 10.3. The van der Waals surface area contributed by atoms with Crippen molar-refractivity contribution in [2.75, 3.05) is 7.05 Å². The van der Waals surface area contributed by atoms with Gasteiger partial charge in [0, 0.05) is 11.6 Å². The van der Waals surface area contributed by atoms with Crippen LogP contribution in [0.1, 0.15) is 43.4 Å². The number of hydrogen-bond donors (Lipinski definition) is 1. The van der Waals surface area contributed by atoms with Gasteiger partial charge in [-0.2, -0.15) is 0 Å². The summed E-state index contributed by atoms with van der Waals surface area (Å²) in [6.07, 6.45) is 1.31. The molecule has 0 saturated heterocycles. The Morgan fingerprint density at radius 2 is 2.07 bits per heavy atom. The van der Waals surface area contributed by atoms with Gasteiger partial charge < -0.3 is 9.73 Å². The molecule has 84 valence electrons. The van der Waals surface area contributed by atoms with Crippen molar-refractivity contribution in [1.29, 1.82) is 0 Å². The molecule has 0 aromatic carbocycles. The van der Waals surface area contributed by atoms with Crippen molar-refractivity contribution < 1.29 is 4.42 Å². The Labute approximate surface area is 92.1 Å². The van der Waals surface area contributed by atoms with Crippen LogP contribution in [0.3, 0.4) is 0 Å². The van der Waals surface area contributed by atoms with E-state index in [0.29, 0.717) is 11.5 Å². The quantitative estimate of drug-likeness (QED) is 0.823. The van der Waals surface area contributed by atoms with Gasteiger partial charge in [0.2, 0.25) is 0 Å². The van der Waals surface area contributed by atoms with Crippen LogP contribution in [-0.4, -0.2) is 7.05 Å². The van der Waals surface area contributed by atoms with E-state index >= 15 is 0 Å². The molecule has 0 aliphatic heterocycles. The molecule has 2 unspecified atom stereocenters. The Kier molecular flexibility index (Phi) is 2.42. The van der Waals surface area contributed by atoms with E-state index < -0.39 is 0 Å². The van der Waals surface area contributed by atoms with Crippen LogP contribution in [0.25, 0.3) is 0 Å². The summed E-state index contributed by atoms with van der Waals surface area (Å²) in [6, 6.07) is 2.63. The maximum atomic E-state index is 5.60. The van der Waals surface area contributed by atoms with E-state index in [-0.39, 0.29) is 0 Å². The van der Waals surface area contributed by atoms with Gasteiger partial charge in [-0.1, -0.05) is 13.8 Å². The van der Waals surface area contributed by atoms with Crippen molar-refractivity contribution in [1.82, 2.24) is 5.32 Å². The summed E-state index contributed by atoms with van der Waals surface area (Å²) < 4.78 is 5.60. The van der Waals surface area contributed by atoms with Crippen molar-refractivity contribution in [2.24, 2.45) is 11.3 Å². The smallest absolute Gasteiger partial charge is 0.105 e. The number of furan rings is 1. The highest BCUT2D eigenvalue weighted by Crippen LogP contribution is 2.58. The second-order valence-electron chi connectivity index (χ2n) is 5.43. The minimum atomic E-state index is 0.456. The first-order chi connectivity index (χ1) is 6.95. The van der Waals surface area contributed by atoms with Gasteiger partial charge in [0.1, 0.15) is 11.5 Å². The number of rotatable bonds is 3. The van der Waals surface area contributed by atoms with Crippen LogP contribution in [0, 0.1) is 25.2 Å². The highest BCUT2D eigenvalue weighted by molar-refractivity contribution is 5.27. The fraction of sp³-hybridized carbons (Fsp3) is 0.692. The largest absolute Gasteiger partial charge is 0.466 e. The van der Waals surface area contributed by atoms with Crippen LogP contribution in [-0.2, 0) is 0 Å². The fourth-order valence-electron chi connectivity index (χ4n) is 2.61. The average molecular weight is 207 g/mol. The highest BCUT2D eigenvalue weighted by atomic mass is 16.3. The van der Waals surface area contributed by atoms with E-state index in [1.54, 1.807) is 0 Å². The third-order valence-corrected chi connectivity index (χ3v) is 3.72. The molecule has 1 saturated carbocycles. The Bertz CT molecular complexity index is 365. The molecule has 0 spiro atoms. The van der Waals surface area contributed by atoms with Gasteiger partial charge in [-0.3, -0.25) is 0 Å². The lowest BCUT2D eigenvalue weighted by Gasteiger charge is -2.17. The van der Waals surface area contributed by atoms with E-state index in [2.05, 4.69) is 32.2 Å². The van der Waals surface area contributed by atoms with Crippen molar-refractivity contribution >= 4 is 0 Å². The first-order valence-electron chi connectivity index (χ1n) is 5.70. The maximum absolute atomic E-state index is 5.60. The monoisotopic (exact) mass is 207 g/mol. The molecule has 15 heavy (non-hydrogen) atoms. The first-order valence-corrected chi connectivity index (χ1v) is 5.70. The lowest BCUT2D eigenvalue weighted by Crippen LogP contribution is -2.20. The van der Waals surface area contributed by atoms with Crippen LogP contribution in [0.15, 0.2) is 10.5 Å². The molecule has 2 heteroatoms. The van der Waals surface area contributed by atoms with E-state index in [1.807, 2.05) is 14.0 Å². The molecule has 1 aromatic heterocycles. The zero-order valence-electron chi connectivity index (χ0n) is 10.3. The number of aryl methyl sites for hydroxylation is 2. The van der Waals surface area contributed by atoms with Gasteiger partial charge in [0.05, 0.1) is 0 Å². The van der Waals surface area contributed by atoms with Gasteiger partial charge >= 0.3 is 0 Å². The Morgan fingerprint density at radius 1 is 1.47 bits per heavy atom. The SMILES string of the molecule is CNC(c1cc(C)oc1C)C1CC1(C)C. The van der Waals surface area contributed by atoms with Crippen LogP contribution in [0.2, 0.25) is 0 Å². The second-order valence-corrected chi connectivity index (χ2v) is 5.43. The van der Waals surface area contributed by atoms with Crippen LogP contribution in [0.5, 0.6) is 0 Å². The Balaban J connectivity index is 2.24. The van der Waals surface area contributed by atoms with E-state index in [0.717, 1.165) is 17.4 Å². The van der Waals surface area contributed by atoms with E-state index in [9.17, 15) is 0 Å². The Morgan fingerprint density at radius 3 is 2.40 bits per heavy atom. The molecule has 1 N–H and O–H groups in total. The fourth-order valence-corrected chi connectivity index (χ4v) is 2.61. The molecule has 1 heterocycles. The first kappa shape index (κ1) is 10.7. The highest BCUT2D eigenvalue weighted by Gasteiger charge is 2.50. The summed E-state index contributed by atoms with van der Waals surface area (Å²) in [5.41, 5.74) is 1.83. The summed E-state index contributed by atoms with van der Waals surface area (Å²) in [4.78, 5) is 0. The summed E-state index contributed by atoms with van der Waals surface area (Å²) in [7, 11) is 2.04. The third kappa shape index (κ3) is 1.83. The molecule has 2 rings (SSSR count). The zero-order chi connectivity index (χ0) is 11.2. The minimum Gasteiger partial charge on any atom is -0.466 e. The normalized spacial score (nSPS) is 25.3. The Hall–Kier alpha value is -0.760. The number of hydrogen-bond acceptors (Lipinski definition) is 2. The minimum absolute atomic E-state index is 0.456. The van der Waals surface area contributed by atoms with Crippen LogP contribution in [0.4, 0.5) is 0 Å². The van der Waals surface area contributed by atoms with E-state index in [4.69, 9.17) is 4.42 Å². The molecular formula is C13H21NO. The standard InChI is InChI=1S/C13H21NO/c1-8-6-10(9(2)15-8)12(14-5)11-7-13(11,3)4/h6,11-12,14H,7H2,1-5H3. The summed E-state index contributed by atoms with van der Waals surface area (Å²) in [6.45, 7) is 8.75. The maximum Gasteiger partial charge on any atom is 0.105 e. The molecule has 0 amide bonds. The molecule has 2 atom stereocenters. The van der Waals surface area contributed by atoms with Gasteiger partial charge in [-0.05, 0) is 44.7 Å². The second kappa shape index (κ2) is 3.38. The number of nitrogens with one attached hydrogen (secondary N) is 1. The molecule has 2 nitrogen and oxygen atoms in total. The van der Waals surface area contributed by atoms with Gasteiger partial charge in [-0.25, -0.2) is 0 Å². The topological polar surface area (TPSA) is 25.2 Å².